The molecule has 2 heteroatoms. The van der Waals surface area contributed by atoms with E-state index in [4.69, 9.17) is 0 Å². The maximum Gasteiger partial charge on any atom is 0.121 e. The van der Waals surface area contributed by atoms with E-state index in [2.05, 4.69) is 18.7 Å². The zero-order chi connectivity index (χ0) is 13.2. The van der Waals surface area contributed by atoms with Crippen LogP contribution in [0.25, 0.3) is 0 Å². The van der Waals surface area contributed by atoms with Crippen LogP contribution in [-0.2, 0) is 6.42 Å². The van der Waals surface area contributed by atoms with Crippen molar-refractivity contribution < 1.29 is 5.11 Å². The van der Waals surface area contributed by atoms with Crippen molar-refractivity contribution in [3.63, 3.8) is 0 Å². The van der Waals surface area contributed by atoms with Crippen LogP contribution in [0.5, 0.6) is 5.75 Å². The standard InChI is InChI=1S/C16H26OS/c1-3-4-5-6-12-18-13-8-11-15-10-7-9-14(2)16(15)17/h7,9-10,17H,3-6,8,11-13H2,1-2H3. The lowest BCUT2D eigenvalue weighted by molar-refractivity contribution is 0.463. The molecule has 0 saturated carbocycles. The Labute approximate surface area is 116 Å². The molecule has 0 aromatic heterocycles. The number of para-hydroxylation sites is 1. The van der Waals surface area contributed by atoms with E-state index in [0.717, 1.165) is 24.0 Å². The van der Waals surface area contributed by atoms with Gasteiger partial charge in [0, 0.05) is 0 Å². The first-order valence-corrected chi connectivity index (χ1v) is 8.26. The summed E-state index contributed by atoms with van der Waals surface area (Å²) in [5.41, 5.74) is 2.08. The number of hydrogen-bond donors (Lipinski definition) is 1. The van der Waals surface area contributed by atoms with Gasteiger partial charge in [-0.05, 0) is 48.8 Å². The van der Waals surface area contributed by atoms with Gasteiger partial charge in [-0.25, -0.2) is 0 Å². The molecule has 1 aromatic rings. The Kier molecular flexibility index (Phi) is 7.99. The molecule has 0 fully saturated rings. The number of phenolic OH excluding ortho intramolecular Hbond substituents is 1. The number of rotatable bonds is 9. The average Bonchev–Trinajstić information content (AvgIpc) is 2.37. The Balaban J connectivity index is 2.09. The summed E-state index contributed by atoms with van der Waals surface area (Å²) in [6.07, 6.45) is 7.58. The molecule has 0 heterocycles. The maximum atomic E-state index is 9.89. The molecule has 1 aromatic carbocycles. The van der Waals surface area contributed by atoms with Crippen molar-refractivity contribution in [1.82, 2.24) is 0 Å². The van der Waals surface area contributed by atoms with Gasteiger partial charge in [0.2, 0.25) is 0 Å². The van der Waals surface area contributed by atoms with E-state index in [1.54, 1.807) is 0 Å². The molecule has 0 saturated heterocycles. The second kappa shape index (κ2) is 9.32. The first-order valence-electron chi connectivity index (χ1n) is 7.11. The first kappa shape index (κ1) is 15.4. The predicted molar refractivity (Wildman–Crippen MR) is 82.6 cm³/mol. The van der Waals surface area contributed by atoms with E-state index in [1.165, 1.54) is 37.2 Å². The lowest BCUT2D eigenvalue weighted by atomic mass is 10.1. The van der Waals surface area contributed by atoms with Crippen molar-refractivity contribution in [2.75, 3.05) is 11.5 Å². The monoisotopic (exact) mass is 266 g/mol. The fourth-order valence-electron chi connectivity index (χ4n) is 2.02. The second-order valence-electron chi connectivity index (χ2n) is 4.86. The Morgan fingerprint density at radius 2 is 1.83 bits per heavy atom. The normalized spacial score (nSPS) is 10.8. The quantitative estimate of drug-likeness (QED) is 0.638. The van der Waals surface area contributed by atoms with E-state index in [9.17, 15) is 5.11 Å². The number of thioether (sulfide) groups is 1. The fraction of sp³-hybridized carbons (Fsp3) is 0.625. The minimum absolute atomic E-state index is 0.491. The Bertz CT molecular complexity index is 336. The van der Waals surface area contributed by atoms with Gasteiger partial charge in [0.1, 0.15) is 5.75 Å². The average molecular weight is 266 g/mol. The second-order valence-corrected chi connectivity index (χ2v) is 6.08. The largest absolute Gasteiger partial charge is 0.507 e. The van der Waals surface area contributed by atoms with E-state index >= 15 is 0 Å². The molecule has 0 amide bonds. The fourth-order valence-corrected chi connectivity index (χ4v) is 2.98. The molecule has 1 rings (SSSR count). The molecule has 0 spiro atoms. The summed E-state index contributed by atoms with van der Waals surface area (Å²) in [7, 11) is 0. The van der Waals surface area contributed by atoms with Gasteiger partial charge in [-0.1, -0.05) is 44.4 Å². The maximum absolute atomic E-state index is 9.89. The molecule has 102 valence electrons. The highest BCUT2D eigenvalue weighted by Gasteiger charge is 2.02. The Morgan fingerprint density at radius 3 is 2.61 bits per heavy atom. The lowest BCUT2D eigenvalue weighted by Crippen LogP contribution is -1.91. The summed E-state index contributed by atoms with van der Waals surface area (Å²) in [6.45, 7) is 4.21. The van der Waals surface area contributed by atoms with Crippen LogP contribution in [0.15, 0.2) is 18.2 Å². The lowest BCUT2D eigenvalue weighted by Gasteiger charge is -2.06. The van der Waals surface area contributed by atoms with Crippen molar-refractivity contribution in [2.45, 2.75) is 52.4 Å². The van der Waals surface area contributed by atoms with Gasteiger partial charge in [0.25, 0.3) is 0 Å². The van der Waals surface area contributed by atoms with Gasteiger partial charge in [0.05, 0.1) is 0 Å². The third-order valence-electron chi connectivity index (χ3n) is 3.20. The molecule has 0 atom stereocenters. The van der Waals surface area contributed by atoms with Crippen LogP contribution in [0.1, 0.15) is 50.2 Å². The number of hydrogen-bond acceptors (Lipinski definition) is 2. The first-order chi connectivity index (χ1) is 8.75. The van der Waals surface area contributed by atoms with Crippen LogP contribution in [-0.4, -0.2) is 16.6 Å². The number of aromatic hydroxyl groups is 1. The van der Waals surface area contributed by atoms with Crippen molar-refractivity contribution in [2.24, 2.45) is 0 Å². The summed E-state index contributed by atoms with van der Waals surface area (Å²) >= 11 is 2.05. The molecule has 0 unspecified atom stereocenters. The number of phenols is 1. The van der Waals surface area contributed by atoms with Crippen LogP contribution < -0.4 is 0 Å². The molecule has 18 heavy (non-hydrogen) atoms. The minimum atomic E-state index is 0.491. The van der Waals surface area contributed by atoms with Crippen LogP contribution >= 0.6 is 11.8 Å². The summed E-state index contributed by atoms with van der Waals surface area (Å²) < 4.78 is 0. The van der Waals surface area contributed by atoms with Crippen LogP contribution in [0, 0.1) is 6.92 Å². The zero-order valence-corrected chi connectivity index (χ0v) is 12.6. The van der Waals surface area contributed by atoms with Crippen molar-refractivity contribution in [3.8, 4) is 5.75 Å². The molecule has 0 aliphatic rings. The molecular weight excluding hydrogens is 240 g/mol. The van der Waals surface area contributed by atoms with Gasteiger partial charge in [-0.15, -0.1) is 0 Å². The third-order valence-corrected chi connectivity index (χ3v) is 4.35. The SMILES string of the molecule is CCCCCCSCCCc1cccc(C)c1O. The summed E-state index contributed by atoms with van der Waals surface area (Å²) in [4.78, 5) is 0. The highest BCUT2D eigenvalue weighted by atomic mass is 32.2. The van der Waals surface area contributed by atoms with E-state index in [0.29, 0.717) is 5.75 Å². The van der Waals surface area contributed by atoms with E-state index in [-0.39, 0.29) is 0 Å². The van der Waals surface area contributed by atoms with Crippen molar-refractivity contribution in [1.29, 1.82) is 0 Å². The van der Waals surface area contributed by atoms with Gasteiger partial charge in [-0.3, -0.25) is 0 Å². The number of unbranched alkanes of at least 4 members (excludes halogenated alkanes) is 3. The Hall–Kier alpha value is -0.630. The molecular formula is C16H26OS. The van der Waals surface area contributed by atoms with E-state index < -0.39 is 0 Å². The van der Waals surface area contributed by atoms with Crippen LogP contribution in [0.2, 0.25) is 0 Å². The summed E-state index contributed by atoms with van der Waals surface area (Å²) in [6, 6.07) is 6.03. The summed E-state index contributed by atoms with van der Waals surface area (Å²) in [5.74, 6) is 2.99. The molecule has 1 nitrogen and oxygen atoms in total. The number of aryl methyl sites for hydroxylation is 2. The minimum Gasteiger partial charge on any atom is -0.507 e. The molecule has 0 aliphatic heterocycles. The highest BCUT2D eigenvalue weighted by Crippen LogP contribution is 2.23. The van der Waals surface area contributed by atoms with Gasteiger partial charge in [-0.2, -0.15) is 11.8 Å². The highest BCUT2D eigenvalue weighted by molar-refractivity contribution is 7.99. The van der Waals surface area contributed by atoms with Crippen LogP contribution in [0.4, 0.5) is 0 Å². The third kappa shape index (κ3) is 5.81. The molecule has 0 radical (unpaired) electrons. The molecule has 1 N–H and O–H groups in total. The predicted octanol–water partition coefficient (Wildman–Crippen LogP) is 4.95. The summed E-state index contributed by atoms with van der Waals surface area (Å²) in [5, 5.41) is 9.89. The zero-order valence-electron chi connectivity index (χ0n) is 11.7. The van der Waals surface area contributed by atoms with Crippen molar-refractivity contribution >= 4 is 11.8 Å². The van der Waals surface area contributed by atoms with Gasteiger partial charge in [0.15, 0.2) is 0 Å². The van der Waals surface area contributed by atoms with Crippen LogP contribution in [0.3, 0.4) is 0 Å². The topological polar surface area (TPSA) is 20.2 Å². The van der Waals surface area contributed by atoms with E-state index in [1.807, 2.05) is 25.1 Å². The smallest absolute Gasteiger partial charge is 0.121 e. The Morgan fingerprint density at radius 1 is 1.06 bits per heavy atom. The van der Waals surface area contributed by atoms with Gasteiger partial charge >= 0.3 is 0 Å². The molecule has 0 bridgehead atoms. The molecule has 0 aliphatic carbocycles. The number of benzene rings is 1. The van der Waals surface area contributed by atoms with Gasteiger partial charge < -0.3 is 5.11 Å². The van der Waals surface area contributed by atoms with Crippen molar-refractivity contribution in [3.05, 3.63) is 29.3 Å².